The highest BCUT2D eigenvalue weighted by atomic mass is 35.5. The number of halogens is 1. The van der Waals surface area contributed by atoms with Crippen molar-refractivity contribution >= 4 is 34.1 Å². The molecule has 1 aromatic heterocycles. The molecule has 2 aromatic rings. The molecular formula is C15H16ClNO2. The van der Waals surface area contributed by atoms with Gasteiger partial charge in [-0.1, -0.05) is 32.9 Å². The lowest BCUT2D eigenvalue weighted by atomic mass is 9.89. The molecular weight excluding hydrogens is 262 g/mol. The molecule has 0 amide bonds. The summed E-state index contributed by atoms with van der Waals surface area (Å²) in [6.07, 6.45) is 0. The van der Waals surface area contributed by atoms with Gasteiger partial charge in [-0.25, -0.2) is 0 Å². The van der Waals surface area contributed by atoms with Crippen LogP contribution in [0.3, 0.4) is 0 Å². The van der Waals surface area contributed by atoms with Crippen LogP contribution in [0.1, 0.15) is 41.6 Å². The largest absolute Gasteiger partial charge is 0.352 e. The van der Waals surface area contributed by atoms with Crippen LogP contribution in [-0.4, -0.2) is 22.4 Å². The van der Waals surface area contributed by atoms with Gasteiger partial charge in [-0.15, -0.1) is 11.6 Å². The maximum absolute atomic E-state index is 12.2. The summed E-state index contributed by atoms with van der Waals surface area (Å²) in [4.78, 5) is 26.8. The summed E-state index contributed by atoms with van der Waals surface area (Å²) in [6, 6.07) is 7.11. The molecule has 0 fully saturated rings. The van der Waals surface area contributed by atoms with Gasteiger partial charge in [-0.3, -0.25) is 9.59 Å². The van der Waals surface area contributed by atoms with E-state index < -0.39 is 5.41 Å². The molecule has 0 bridgehead atoms. The van der Waals surface area contributed by atoms with Crippen molar-refractivity contribution in [1.29, 1.82) is 0 Å². The highest BCUT2D eigenvalue weighted by molar-refractivity contribution is 6.30. The third-order valence-electron chi connectivity index (χ3n) is 2.99. The zero-order chi connectivity index (χ0) is 14.2. The number of hydrogen-bond donors (Lipinski definition) is 1. The minimum atomic E-state index is -0.435. The molecule has 1 heterocycles. The molecule has 0 saturated carbocycles. The van der Waals surface area contributed by atoms with Crippen LogP contribution in [0, 0.1) is 5.41 Å². The molecule has 19 heavy (non-hydrogen) atoms. The van der Waals surface area contributed by atoms with Crippen molar-refractivity contribution in [3.8, 4) is 0 Å². The fourth-order valence-electron chi connectivity index (χ4n) is 1.90. The lowest BCUT2D eigenvalue weighted by Gasteiger charge is -2.14. The Balaban J connectivity index is 2.47. The molecule has 0 aliphatic rings. The van der Waals surface area contributed by atoms with E-state index in [9.17, 15) is 9.59 Å². The number of rotatable bonds is 3. The summed E-state index contributed by atoms with van der Waals surface area (Å²) in [6.45, 7) is 5.63. The Morgan fingerprint density at radius 3 is 2.47 bits per heavy atom. The number of Topliss-reactive ketones (excluding diaryl/α,β-unsaturated/α-hetero) is 2. The van der Waals surface area contributed by atoms with Crippen LogP contribution in [0.25, 0.3) is 10.9 Å². The van der Waals surface area contributed by atoms with E-state index in [2.05, 4.69) is 4.98 Å². The molecule has 3 nitrogen and oxygen atoms in total. The van der Waals surface area contributed by atoms with Crippen molar-refractivity contribution < 1.29 is 9.59 Å². The Bertz CT molecular complexity index is 650. The molecule has 1 aromatic carbocycles. The SMILES string of the molecule is CC(C)(C)C(=O)c1cc2ccc(C(=O)CCl)cc2[nH]1. The molecule has 2 rings (SSSR count). The van der Waals surface area contributed by atoms with Crippen LogP contribution in [0.5, 0.6) is 0 Å². The third-order valence-corrected chi connectivity index (χ3v) is 3.23. The Labute approximate surface area is 117 Å². The molecule has 100 valence electrons. The van der Waals surface area contributed by atoms with E-state index in [-0.39, 0.29) is 17.4 Å². The molecule has 0 atom stereocenters. The summed E-state index contributed by atoms with van der Waals surface area (Å²) in [5.74, 6) is -0.115. The Morgan fingerprint density at radius 2 is 1.89 bits per heavy atom. The number of benzene rings is 1. The normalized spacial score (nSPS) is 11.8. The van der Waals surface area contributed by atoms with Gasteiger partial charge in [0, 0.05) is 21.9 Å². The number of aromatic amines is 1. The van der Waals surface area contributed by atoms with Crippen molar-refractivity contribution in [2.75, 3.05) is 5.88 Å². The van der Waals surface area contributed by atoms with Gasteiger partial charge >= 0.3 is 0 Å². The van der Waals surface area contributed by atoms with Crippen LogP contribution >= 0.6 is 11.6 Å². The highest BCUT2D eigenvalue weighted by Gasteiger charge is 2.24. The van der Waals surface area contributed by atoms with E-state index >= 15 is 0 Å². The quantitative estimate of drug-likeness (QED) is 0.685. The monoisotopic (exact) mass is 277 g/mol. The number of ketones is 2. The number of carbonyl (C=O) groups excluding carboxylic acids is 2. The van der Waals surface area contributed by atoms with E-state index in [4.69, 9.17) is 11.6 Å². The molecule has 0 spiro atoms. The fraction of sp³-hybridized carbons (Fsp3) is 0.333. The molecule has 0 aliphatic carbocycles. The lowest BCUT2D eigenvalue weighted by Crippen LogP contribution is -2.20. The number of nitrogens with one attached hydrogen (secondary N) is 1. The van der Waals surface area contributed by atoms with Crippen molar-refractivity contribution in [2.45, 2.75) is 20.8 Å². The highest BCUT2D eigenvalue weighted by Crippen LogP contribution is 2.24. The van der Waals surface area contributed by atoms with Gasteiger partial charge in [0.15, 0.2) is 11.6 Å². The maximum atomic E-state index is 12.2. The van der Waals surface area contributed by atoms with E-state index in [0.29, 0.717) is 11.3 Å². The van der Waals surface area contributed by atoms with Crippen LogP contribution in [0.4, 0.5) is 0 Å². The first-order valence-electron chi connectivity index (χ1n) is 6.09. The third kappa shape index (κ3) is 2.71. The van der Waals surface area contributed by atoms with Gasteiger partial charge in [0.25, 0.3) is 0 Å². The zero-order valence-corrected chi connectivity index (χ0v) is 12.0. The van der Waals surface area contributed by atoms with Crippen molar-refractivity contribution in [3.05, 3.63) is 35.5 Å². The molecule has 4 heteroatoms. The topological polar surface area (TPSA) is 49.9 Å². The molecule has 0 radical (unpaired) electrons. The molecule has 0 unspecified atom stereocenters. The second-order valence-electron chi connectivity index (χ2n) is 5.62. The molecule has 0 saturated heterocycles. The van der Waals surface area contributed by atoms with Crippen molar-refractivity contribution in [1.82, 2.24) is 4.98 Å². The Morgan fingerprint density at radius 1 is 1.21 bits per heavy atom. The van der Waals surface area contributed by atoms with Gasteiger partial charge in [-0.2, -0.15) is 0 Å². The van der Waals surface area contributed by atoms with Gasteiger partial charge in [0.1, 0.15) is 0 Å². The van der Waals surface area contributed by atoms with Gasteiger partial charge in [0.05, 0.1) is 11.6 Å². The van der Waals surface area contributed by atoms with E-state index in [0.717, 1.165) is 10.9 Å². The standard InChI is InChI=1S/C15H16ClNO2/c1-15(2,3)14(19)12-6-9-4-5-10(13(18)8-16)7-11(9)17-12/h4-7,17H,8H2,1-3H3. The van der Waals surface area contributed by atoms with Crippen LogP contribution in [-0.2, 0) is 0 Å². The van der Waals surface area contributed by atoms with E-state index in [1.165, 1.54) is 0 Å². The maximum Gasteiger partial charge on any atom is 0.184 e. The van der Waals surface area contributed by atoms with E-state index in [1.54, 1.807) is 12.1 Å². The van der Waals surface area contributed by atoms with Gasteiger partial charge < -0.3 is 4.98 Å². The minimum Gasteiger partial charge on any atom is -0.352 e. The first-order chi connectivity index (χ1) is 8.82. The average Bonchev–Trinajstić information content (AvgIpc) is 2.78. The predicted molar refractivity (Wildman–Crippen MR) is 77.1 cm³/mol. The summed E-state index contributed by atoms with van der Waals surface area (Å²) >= 11 is 5.54. The Hall–Kier alpha value is -1.61. The van der Waals surface area contributed by atoms with Crippen molar-refractivity contribution in [2.24, 2.45) is 5.41 Å². The van der Waals surface area contributed by atoms with Crippen LogP contribution < -0.4 is 0 Å². The fourth-order valence-corrected chi connectivity index (χ4v) is 2.06. The Kier molecular flexibility index (Phi) is 3.50. The number of hydrogen-bond acceptors (Lipinski definition) is 2. The second-order valence-corrected chi connectivity index (χ2v) is 5.89. The molecule has 0 aliphatic heterocycles. The number of H-pyrrole nitrogens is 1. The number of aromatic nitrogens is 1. The van der Waals surface area contributed by atoms with Gasteiger partial charge in [-0.05, 0) is 12.1 Å². The number of carbonyl (C=O) groups is 2. The second kappa shape index (κ2) is 4.82. The summed E-state index contributed by atoms with van der Waals surface area (Å²) in [7, 11) is 0. The molecule has 1 N–H and O–H groups in total. The summed E-state index contributed by atoms with van der Waals surface area (Å²) in [5.41, 5.74) is 1.47. The minimum absolute atomic E-state index is 0.0417. The average molecular weight is 278 g/mol. The predicted octanol–water partition coefficient (Wildman–Crippen LogP) is 3.82. The van der Waals surface area contributed by atoms with Crippen molar-refractivity contribution in [3.63, 3.8) is 0 Å². The van der Waals surface area contributed by atoms with Crippen LogP contribution in [0.2, 0.25) is 0 Å². The smallest absolute Gasteiger partial charge is 0.184 e. The van der Waals surface area contributed by atoms with E-state index in [1.807, 2.05) is 32.9 Å². The summed E-state index contributed by atoms with van der Waals surface area (Å²) < 4.78 is 0. The first kappa shape index (κ1) is 13.8. The lowest BCUT2D eigenvalue weighted by molar-refractivity contribution is 0.0853. The van der Waals surface area contributed by atoms with Crippen LogP contribution in [0.15, 0.2) is 24.3 Å². The number of fused-ring (bicyclic) bond motifs is 1. The summed E-state index contributed by atoms with van der Waals surface area (Å²) in [5, 5.41) is 0.915. The first-order valence-corrected chi connectivity index (χ1v) is 6.63. The number of alkyl halides is 1. The zero-order valence-electron chi connectivity index (χ0n) is 11.2. The van der Waals surface area contributed by atoms with Gasteiger partial charge in [0.2, 0.25) is 0 Å².